The van der Waals surface area contributed by atoms with Crippen molar-refractivity contribution in [1.82, 2.24) is 15.6 Å². The maximum absolute atomic E-state index is 12.8. The van der Waals surface area contributed by atoms with Crippen molar-refractivity contribution in [1.29, 1.82) is 0 Å². The molecule has 2 aliphatic rings. The highest BCUT2D eigenvalue weighted by Crippen LogP contribution is 2.41. The van der Waals surface area contributed by atoms with Crippen LogP contribution >= 0.6 is 0 Å². The Labute approximate surface area is 121 Å². The number of aromatic nitrogens is 1. The van der Waals surface area contributed by atoms with Gasteiger partial charge in [0.2, 0.25) is 0 Å². The monoisotopic (exact) mass is 293 g/mol. The van der Waals surface area contributed by atoms with E-state index < -0.39 is 17.9 Å². The smallest absolute Gasteiger partial charge is 0.270 e. The molecule has 1 aliphatic heterocycles. The van der Waals surface area contributed by atoms with Crippen LogP contribution in [-0.4, -0.2) is 35.9 Å². The summed E-state index contributed by atoms with van der Waals surface area (Å²) in [6.07, 6.45) is 3.46. The van der Waals surface area contributed by atoms with E-state index in [-0.39, 0.29) is 12.1 Å². The topological polar surface area (TPSA) is 54.0 Å². The molecule has 0 radical (unpaired) electrons. The number of rotatable bonds is 3. The maximum atomic E-state index is 12.8. The third kappa shape index (κ3) is 2.95. The molecule has 1 amide bonds. The molecular weight excluding hydrogens is 276 g/mol. The van der Waals surface area contributed by atoms with Gasteiger partial charge in [-0.05, 0) is 23.1 Å². The summed E-state index contributed by atoms with van der Waals surface area (Å²) in [5.41, 5.74) is 2.34. The van der Waals surface area contributed by atoms with Gasteiger partial charge in [0.15, 0.2) is 0 Å². The Morgan fingerprint density at radius 1 is 1.48 bits per heavy atom. The third-order valence-corrected chi connectivity index (χ3v) is 3.91. The van der Waals surface area contributed by atoms with Gasteiger partial charge in [-0.3, -0.25) is 9.78 Å². The summed E-state index contributed by atoms with van der Waals surface area (Å²) in [4.78, 5) is 15.9. The molecular formula is C15H17F2N3O. The fourth-order valence-electron chi connectivity index (χ4n) is 2.50. The highest BCUT2D eigenvalue weighted by Gasteiger charge is 2.57. The van der Waals surface area contributed by atoms with Gasteiger partial charge in [0, 0.05) is 25.7 Å². The number of halogens is 2. The van der Waals surface area contributed by atoms with E-state index in [4.69, 9.17) is 0 Å². The first-order valence-electron chi connectivity index (χ1n) is 7.03. The van der Waals surface area contributed by atoms with Gasteiger partial charge in [0.05, 0.1) is 6.04 Å². The summed E-state index contributed by atoms with van der Waals surface area (Å²) in [5.74, 6) is -2.92. The molecule has 21 heavy (non-hydrogen) atoms. The van der Waals surface area contributed by atoms with E-state index in [1.165, 1.54) is 5.57 Å². The summed E-state index contributed by atoms with van der Waals surface area (Å²) in [7, 11) is 0. The van der Waals surface area contributed by atoms with Gasteiger partial charge in [0.25, 0.3) is 11.8 Å². The van der Waals surface area contributed by atoms with Crippen LogP contribution < -0.4 is 10.6 Å². The molecule has 2 unspecified atom stereocenters. The maximum Gasteiger partial charge on any atom is 0.270 e. The molecule has 2 N–H and O–H groups in total. The number of nitrogens with one attached hydrogen (secondary N) is 2. The Hall–Kier alpha value is -1.82. The van der Waals surface area contributed by atoms with E-state index in [1.807, 2.05) is 6.07 Å². The van der Waals surface area contributed by atoms with Crippen LogP contribution in [0.25, 0.3) is 5.57 Å². The molecule has 1 aromatic heterocycles. The highest BCUT2D eigenvalue weighted by molar-refractivity contribution is 5.93. The van der Waals surface area contributed by atoms with Gasteiger partial charge in [0.1, 0.15) is 5.69 Å². The van der Waals surface area contributed by atoms with Crippen molar-refractivity contribution in [3.63, 3.8) is 0 Å². The second kappa shape index (κ2) is 5.18. The Morgan fingerprint density at radius 3 is 2.81 bits per heavy atom. The minimum Gasteiger partial charge on any atom is -0.342 e. The Morgan fingerprint density at radius 2 is 2.24 bits per heavy atom. The first-order valence-corrected chi connectivity index (χ1v) is 7.03. The first kappa shape index (κ1) is 14.1. The molecule has 112 valence electrons. The van der Waals surface area contributed by atoms with Gasteiger partial charge in [-0.25, -0.2) is 8.78 Å². The van der Waals surface area contributed by atoms with Gasteiger partial charge >= 0.3 is 0 Å². The third-order valence-electron chi connectivity index (χ3n) is 3.91. The number of hydrogen-bond donors (Lipinski definition) is 2. The van der Waals surface area contributed by atoms with Crippen LogP contribution in [-0.2, 0) is 0 Å². The molecule has 2 heterocycles. The van der Waals surface area contributed by atoms with Crippen LogP contribution in [0.2, 0.25) is 0 Å². The number of carbonyl (C=O) groups excluding carboxylic acids is 1. The van der Waals surface area contributed by atoms with E-state index in [0.717, 1.165) is 18.7 Å². The zero-order valence-corrected chi connectivity index (χ0v) is 11.7. The zero-order chi connectivity index (χ0) is 15.0. The van der Waals surface area contributed by atoms with E-state index >= 15 is 0 Å². The standard InChI is InChI=1S/C15H17F2N3O/c1-9-7-18-5-4-11(9)10-2-3-12(19-8-10)14(21)20-13-6-15(13,16)17/h2-4,8-9,13,18H,5-7H2,1H3,(H,20,21). The predicted octanol–water partition coefficient (Wildman–Crippen LogP) is 1.84. The minimum atomic E-state index is -2.76. The van der Waals surface area contributed by atoms with Crippen molar-refractivity contribution in [3.05, 3.63) is 35.7 Å². The minimum absolute atomic E-state index is 0.170. The van der Waals surface area contributed by atoms with Crippen molar-refractivity contribution in [3.8, 4) is 0 Å². The Bertz CT molecular complexity index is 583. The van der Waals surface area contributed by atoms with E-state index in [2.05, 4.69) is 28.6 Å². The summed E-state index contributed by atoms with van der Waals surface area (Å²) in [6.45, 7) is 3.84. The molecule has 1 aliphatic carbocycles. The molecule has 3 rings (SSSR count). The molecule has 1 saturated carbocycles. The van der Waals surface area contributed by atoms with Gasteiger partial charge in [-0.1, -0.05) is 19.1 Å². The number of hydrogen-bond acceptors (Lipinski definition) is 3. The van der Waals surface area contributed by atoms with Crippen LogP contribution in [0.1, 0.15) is 29.4 Å². The number of alkyl halides is 2. The summed E-state index contributed by atoms with van der Waals surface area (Å²) < 4.78 is 25.5. The van der Waals surface area contributed by atoms with Crippen molar-refractivity contribution in [2.24, 2.45) is 5.92 Å². The lowest BCUT2D eigenvalue weighted by atomic mass is 9.92. The van der Waals surface area contributed by atoms with Crippen LogP contribution in [0, 0.1) is 5.92 Å². The molecule has 1 fully saturated rings. The number of amides is 1. The second-order valence-electron chi connectivity index (χ2n) is 5.64. The number of pyridine rings is 1. The van der Waals surface area contributed by atoms with Crippen LogP contribution in [0.5, 0.6) is 0 Å². The largest absolute Gasteiger partial charge is 0.342 e. The fraction of sp³-hybridized carbons (Fsp3) is 0.467. The summed E-state index contributed by atoms with van der Waals surface area (Å²) in [6, 6.07) is 2.36. The molecule has 0 aromatic carbocycles. The lowest BCUT2D eigenvalue weighted by molar-refractivity contribution is 0.0845. The van der Waals surface area contributed by atoms with Crippen LogP contribution in [0.4, 0.5) is 8.78 Å². The molecule has 0 saturated heterocycles. The average Bonchev–Trinajstić information content (AvgIpc) is 3.06. The quantitative estimate of drug-likeness (QED) is 0.894. The van der Waals surface area contributed by atoms with Crippen LogP contribution in [0.3, 0.4) is 0 Å². The molecule has 0 spiro atoms. The van der Waals surface area contributed by atoms with Gasteiger partial charge < -0.3 is 10.6 Å². The number of carbonyl (C=O) groups is 1. The predicted molar refractivity (Wildman–Crippen MR) is 75.1 cm³/mol. The van der Waals surface area contributed by atoms with Crippen LogP contribution in [0.15, 0.2) is 24.4 Å². The highest BCUT2D eigenvalue weighted by atomic mass is 19.3. The van der Waals surface area contributed by atoms with Crippen molar-refractivity contribution in [2.45, 2.75) is 25.3 Å². The molecule has 4 nitrogen and oxygen atoms in total. The zero-order valence-electron chi connectivity index (χ0n) is 11.7. The Kier molecular flexibility index (Phi) is 3.49. The Balaban J connectivity index is 1.69. The van der Waals surface area contributed by atoms with E-state index in [0.29, 0.717) is 5.92 Å². The first-order chi connectivity index (χ1) is 9.97. The fourth-order valence-corrected chi connectivity index (χ4v) is 2.50. The van der Waals surface area contributed by atoms with E-state index in [9.17, 15) is 13.6 Å². The molecule has 2 atom stereocenters. The van der Waals surface area contributed by atoms with Gasteiger partial charge in [-0.15, -0.1) is 0 Å². The lowest BCUT2D eigenvalue weighted by Gasteiger charge is -2.21. The lowest BCUT2D eigenvalue weighted by Crippen LogP contribution is -2.30. The summed E-state index contributed by atoms with van der Waals surface area (Å²) >= 11 is 0. The van der Waals surface area contributed by atoms with Gasteiger partial charge in [-0.2, -0.15) is 0 Å². The van der Waals surface area contributed by atoms with E-state index in [1.54, 1.807) is 12.3 Å². The summed E-state index contributed by atoms with van der Waals surface area (Å²) in [5, 5.41) is 5.56. The molecule has 1 aromatic rings. The second-order valence-corrected chi connectivity index (χ2v) is 5.64. The van der Waals surface area contributed by atoms with Crippen molar-refractivity contribution in [2.75, 3.05) is 13.1 Å². The van der Waals surface area contributed by atoms with Crippen molar-refractivity contribution >= 4 is 11.5 Å². The number of nitrogens with zero attached hydrogens (tertiary/aromatic N) is 1. The van der Waals surface area contributed by atoms with Crippen molar-refractivity contribution < 1.29 is 13.6 Å². The normalized spacial score (nSPS) is 26.9. The molecule has 0 bridgehead atoms. The molecule has 6 heteroatoms. The average molecular weight is 293 g/mol. The SMILES string of the molecule is CC1CNCC=C1c1ccc(C(=O)NC2CC2(F)F)nc1.